The van der Waals surface area contributed by atoms with Gasteiger partial charge in [-0.15, -0.1) is 11.3 Å². The summed E-state index contributed by atoms with van der Waals surface area (Å²) in [6.45, 7) is 7.38. The molecule has 24 heavy (non-hydrogen) atoms. The zero-order valence-corrected chi connectivity index (χ0v) is 14.7. The standard InChI is InChI=1S/C18H21N3O2S/c1-3-21-7-6-11-14(9-21)24-18-15(11)17(23)19-16(20-18)12-8-10(2)4-5-13(12)22/h4-5,8,16,20,22H,3,6-7,9H2,1-2H3,(H,19,23)/p+1/t16-/m0/s1. The van der Waals surface area contributed by atoms with Crippen LogP contribution in [0.5, 0.6) is 5.75 Å². The van der Waals surface area contributed by atoms with Crippen LogP contribution in [-0.4, -0.2) is 24.1 Å². The summed E-state index contributed by atoms with van der Waals surface area (Å²) in [4.78, 5) is 15.6. The molecular weight excluding hydrogens is 322 g/mol. The van der Waals surface area contributed by atoms with E-state index in [1.807, 2.05) is 19.1 Å². The number of fused-ring (bicyclic) bond motifs is 3. The number of phenolic OH excluding ortho intramolecular Hbond substituents is 1. The van der Waals surface area contributed by atoms with Crippen molar-refractivity contribution >= 4 is 22.2 Å². The first-order chi connectivity index (χ1) is 11.6. The van der Waals surface area contributed by atoms with Crippen LogP contribution in [0.3, 0.4) is 0 Å². The van der Waals surface area contributed by atoms with Crippen LogP contribution in [0.15, 0.2) is 18.2 Å². The largest absolute Gasteiger partial charge is 0.508 e. The van der Waals surface area contributed by atoms with Crippen LogP contribution in [0.25, 0.3) is 0 Å². The Morgan fingerprint density at radius 3 is 3.00 bits per heavy atom. The van der Waals surface area contributed by atoms with Crippen LogP contribution in [-0.2, 0) is 13.0 Å². The first kappa shape index (κ1) is 15.5. The van der Waals surface area contributed by atoms with Crippen molar-refractivity contribution in [1.82, 2.24) is 5.32 Å². The highest BCUT2D eigenvalue weighted by molar-refractivity contribution is 7.16. The predicted molar refractivity (Wildman–Crippen MR) is 94.8 cm³/mol. The number of phenols is 1. The van der Waals surface area contributed by atoms with Crippen LogP contribution < -0.4 is 15.5 Å². The second kappa shape index (κ2) is 5.79. The molecule has 0 saturated heterocycles. The Labute approximate surface area is 145 Å². The van der Waals surface area contributed by atoms with Gasteiger partial charge < -0.3 is 20.6 Å². The molecule has 5 nitrogen and oxygen atoms in total. The summed E-state index contributed by atoms with van der Waals surface area (Å²) in [6, 6.07) is 5.45. The molecule has 1 amide bonds. The molecule has 4 N–H and O–H groups in total. The molecule has 1 unspecified atom stereocenters. The highest BCUT2D eigenvalue weighted by Crippen LogP contribution is 2.40. The highest BCUT2D eigenvalue weighted by atomic mass is 32.1. The van der Waals surface area contributed by atoms with Crippen LogP contribution in [0.2, 0.25) is 0 Å². The number of amides is 1. The van der Waals surface area contributed by atoms with Gasteiger partial charge in [0.25, 0.3) is 5.91 Å². The molecule has 0 fully saturated rings. The van der Waals surface area contributed by atoms with Gasteiger partial charge in [-0.25, -0.2) is 0 Å². The number of anilines is 1. The first-order valence-electron chi connectivity index (χ1n) is 8.41. The number of quaternary nitrogens is 1. The molecule has 2 atom stereocenters. The minimum atomic E-state index is -0.389. The van der Waals surface area contributed by atoms with Gasteiger partial charge >= 0.3 is 0 Å². The van der Waals surface area contributed by atoms with Crippen molar-refractivity contribution in [2.24, 2.45) is 0 Å². The monoisotopic (exact) mass is 344 g/mol. The number of hydrogen-bond acceptors (Lipinski definition) is 4. The Morgan fingerprint density at radius 2 is 2.21 bits per heavy atom. The Balaban J connectivity index is 1.70. The number of rotatable bonds is 2. The first-order valence-corrected chi connectivity index (χ1v) is 9.23. The van der Waals surface area contributed by atoms with Gasteiger partial charge in [0.1, 0.15) is 23.5 Å². The van der Waals surface area contributed by atoms with E-state index >= 15 is 0 Å². The van der Waals surface area contributed by atoms with Crippen molar-refractivity contribution in [2.45, 2.75) is 33.0 Å². The Hall–Kier alpha value is -2.05. The normalized spacial score (nSPS) is 22.3. The van der Waals surface area contributed by atoms with Gasteiger partial charge in [-0.2, -0.15) is 0 Å². The van der Waals surface area contributed by atoms with Crippen molar-refractivity contribution in [3.05, 3.63) is 45.3 Å². The van der Waals surface area contributed by atoms with Crippen molar-refractivity contribution in [3.63, 3.8) is 0 Å². The quantitative estimate of drug-likeness (QED) is 0.669. The van der Waals surface area contributed by atoms with Crippen LogP contribution in [0, 0.1) is 6.92 Å². The third kappa shape index (κ3) is 2.46. The molecule has 2 aliphatic heterocycles. The van der Waals surface area contributed by atoms with Gasteiger partial charge in [-0.1, -0.05) is 11.6 Å². The lowest BCUT2D eigenvalue weighted by Crippen LogP contribution is -3.11. The average molecular weight is 344 g/mol. The fourth-order valence-corrected chi connectivity index (χ4v) is 4.96. The van der Waals surface area contributed by atoms with Crippen molar-refractivity contribution in [3.8, 4) is 5.75 Å². The summed E-state index contributed by atoms with van der Waals surface area (Å²) in [5, 5.41) is 17.5. The topological polar surface area (TPSA) is 65.8 Å². The molecule has 2 aliphatic rings. The number of hydrogen-bond donors (Lipinski definition) is 4. The fraction of sp³-hybridized carbons (Fsp3) is 0.389. The number of aryl methyl sites for hydroxylation is 1. The molecule has 0 aliphatic carbocycles. The van der Waals surface area contributed by atoms with Gasteiger partial charge in [-0.05, 0) is 31.5 Å². The van der Waals surface area contributed by atoms with E-state index in [9.17, 15) is 9.90 Å². The number of carbonyl (C=O) groups is 1. The van der Waals surface area contributed by atoms with Gasteiger partial charge in [0, 0.05) is 12.0 Å². The van der Waals surface area contributed by atoms with Crippen LogP contribution >= 0.6 is 11.3 Å². The average Bonchev–Trinajstić information content (AvgIpc) is 2.94. The molecule has 6 heteroatoms. The highest BCUT2D eigenvalue weighted by Gasteiger charge is 2.34. The molecule has 3 heterocycles. The second-order valence-electron chi connectivity index (χ2n) is 6.60. The van der Waals surface area contributed by atoms with E-state index in [1.165, 1.54) is 10.4 Å². The van der Waals surface area contributed by atoms with Gasteiger partial charge in [-0.3, -0.25) is 4.79 Å². The summed E-state index contributed by atoms with van der Waals surface area (Å²) in [7, 11) is 0. The van der Waals surface area contributed by atoms with E-state index in [0.29, 0.717) is 5.56 Å². The van der Waals surface area contributed by atoms with E-state index in [2.05, 4.69) is 17.6 Å². The van der Waals surface area contributed by atoms with Gasteiger partial charge in [0.05, 0.1) is 23.5 Å². The third-order valence-corrected chi connectivity index (χ3v) is 6.16. The van der Waals surface area contributed by atoms with E-state index in [4.69, 9.17) is 0 Å². The van der Waals surface area contributed by atoms with Crippen LogP contribution in [0.4, 0.5) is 5.00 Å². The molecule has 2 aromatic rings. The summed E-state index contributed by atoms with van der Waals surface area (Å²) in [5.41, 5.74) is 3.79. The SMILES string of the molecule is CC[NH+]1CCc2c(sc3c2C(=O)N[C@H](c2cc(C)ccc2O)N3)C1. The summed E-state index contributed by atoms with van der Waals surface area (Å²) in [6.07, 6.45) is 0.569. The number of likely N-dealkylation sites (N-methyl/N-ethyl adjacent to an activating group) is 1. The van der Waals surface area contributed by atoms with Crippen molar-refractivity contribution in [1.29, 1.82) is 0 Å². The third-order valence-electron chi connectivity index (χ3n) is 5.00. The molecule has 1 aromatic heterocycles. The molecule has 1 aromatic carbocycles. The predicted octanol–water partition coefficient (Wildman–Crippen LogP) is 1.58. The molecule has 0 saturated carbocycles. The Morgan fingerprint density at radius 1 is 1.38 bits per heavy atom. The van der Waals surface area contributed by atoms with E-state index < -0.39 is 0 Å². The lowest BCUT2D eigenvalue weighted by Gasteiger charge is -2.27. The molecule has 0 spiro atoms. The number of benzene rings is 1. The smallest absolute Gasteiger partial charge is 0.256 e. The maximum atomic E-state index is 12.7. The zero-order valence-electron chi connectivity index (χ0n) is 13.9. The molecule has 0 bridgehead atoms. The number of thiophene rings is 1. The molecular formula is C18H22N3O2S+. The lowest BCUT2D eigenvalue weighted by atomic mass is 10.00. The maximum Gasteiger partial charge on any atom is 0.256 e. The molecule has 126 valence electrons. The Bertz CT molecular complexity index is 815. The van der Waals surface area contributed by atoms with E-state index in [-0.39, 0.29) is 17.8 Å². The van der Waals surface area contributed by atoms with E-state index in [0.717, 1.165) is 42.2 Å². The molecule has 4 rings (SSSR count). The minimum Gasteiger partial charge on any atom is -0.508 e. The van der Waals surface area contributed by atoms with Crippen LogP contribution in [0.1, 0.15) is 45.0 Å². The van der Waals surface area contributed by atoms with Crippen molar-refractivity contribution < 1.29 is 14.8 Å². The van der Waals surface area contributed by atoms with Gasteiger partial charge in [0.2, 0.25) is 0 Å². The van der Waals surface area contributed by atoms with Crippen molar-refractivity contribution in [2.75, 3.05) is 18.4 Å². The summed E-state index contributed by atoms with van der Waals surface area (Å²) in [5.74, 6) is 0.164. The number of aromatic hydroxyl groups is 1. The minimum absolute atomic E-state index is 0.0351. The fourth-order valence-electron chi connectivity index (χ4n) is 3.61. The maximum absolute atomic E-state index is 12.7. The lowest BCUT2D eigenvalue weighted by molar-refractivity contribution is -0.913. The zero-order chi connectivity index (χ0) is 16.8. The summed E-state index contributed by atoms with van der Waals surface area (Å²) < 4.78 is 0. The van der Waals surface area contributed by atoms with E-state index in [1.54, 1.807) is 22.3 Å². The Kier molecular flexibility index (Phi) is 3.73. The summed E-state index contributed by atoms with van der Waals surface area (Å²) >= 11 is 1.69. The molecule has 0 radical (unpaired) electrons. The second-order valence-corrected chi connectivity index (χ2v) is 7.71. The van der Waals surface area contributed by atoms with Gasteiger partial charge in [0.15, 0.2) is 0 Å². The number of carbonyl (C=O) groups excluding carboxylic acids is 1. The number of nitrogens with one attached hydrogen (secondary N) is 3.